The largest absolute Gasteiger partial charge is 0.361 e. The molecule has 0 saturated carbocycles. The van der Waals surface area contributed by atoms with Gasteiger partial charge in [0.25, 0.3) is 0 Å². The summed E-state index contributed by atoms with van der Waals surface area (Å²) in [6, 6.07) is 0. The van der Waals surface area contributed by atoms with Crippen LogP contribution in [0.25, 0.3) is 11.4 Å². The van der Waals surface area contributed by atoms with E-state index in [0.717, 1.165) is 23.7 Å². The van der Waals surface area contributed by atoms with Crippen LogP contribution in [0, 0.1) is 17.6 Å². The van der Waals surface area contributed by atoms with E-state index >= 15 is 0 Å². The Labute approximate surface area is 98.5 Å². The average molecular weight is 238 g/mol. The van der Waals surface area contributed by atoms with Crippen LogP contribution in [0.2, 0.25) is 0 Å². The van der Waals surface area contributed by atoms with Crippen molar-refractivity contribution in [1.82, 2.24) is 19.9 Å². The second-order valence-electron chi connectivity index (χ2n) is 4.15. The number of nitrogens with one attached hydrogen (secondary N) is 1. The van der Waals surface area contributed by atoms with Crippen LogP contribution in [-0.2, 0) is 6.54 Å². The van der Waals surface area contributed by atoms with Gasteiger partial charge in [0.2, 0.25) is 0 Å². The highest BCUT2D eigenvalue weighted by molar-refractivity contribution is 7.71. The van der Waals surface area contributed by atoms with Crippen LogP contribution >= 0.6 is 12.2 Å². The van der Waals surface area contributed by atoms with Gasteiger partial charge in [-0.3, -0.25) is 9.67 Å². The van der Waals surface area contributed by atoms with Crippen LogP contribution in [0.1, 0.15) is 19.6 Å². The molecule has 0 atom stereocenters. The summed E-state index contributed by atoms with van der Waals surface area (Å²) < 4.78 is 7.64. The summed E-state index contributed by atoms with van der Waals surface area (Å²) in [5.41, 5.74) is 0.882. The molecule has 0 aliphatic heterocycles. The number of hydrogen-bond donors (Lipinski definition) is 1. The van der Waals surface area contributed by atoms with E-state index in [4.69, 9.17) is 16.7 Å². The number of aromatic nitrogens is 4. The maximum atomic E-state index is 5.20. The minimum atomic E-state index is 0.503. The molecule has 5 nitrogen and oxygen atoms in total. The lowest BCUT2D eigenvalue weighted by atomic mass is 10.2. The summed E-state index contributed by atoms with van der Waals surface area (Å²) in [7, 11) is 0. The van der Waals surface area contributed by atoms with Crippen LogP contribution in [-0.4, -0.2) is 19.9 Å². The second-order valence-corrected chi connectivity index (χ2v) is 4.54. The van der Waals surface area contributed by atoms with Crippen molar-refractivity contribution < 1.29 is 4.52 Å². The molecule has 0 bridgehead atoms. The third-order valence-corrected chi connectivity index (χ3v) is 2.61. The first-order valence-corrected chi connectivity index (χ1v) is 5.57. The minimum Gasteiger partial charge on any atom is -0.361 e. The van der Waals surface area contributed by atoms with Crippen molar-refractivity contribution in [1.29, 1.82) is 0 Å². The molecule has 1 N–H and O–H groups in total. The Morgan fingerprint density at radius 1 is 1.56 bits per heavy atom. The molecule has 0 aliphatic carbocycles. The molecule has 16 heavy (non-hydrogen) atoms. The summed E-state index contributed by atoms with van der Waals surface area (Å²) in [4.78, 5) is 0. The van der Waals surface area contributed by atoms with Crippen molar-refractivity contribution >= 4 is 12.2 Å². The van der Waals surface area contributed by atoms with Crippen molar-refractivity contribution in [2.24, 2.45) is 5.92 Å². The Balaban J connectivity index is 2.50. The molecule has 2 rings (SSSR count). The summed E-state index contributed by atoms with van der Waals surface area (Å²) in [5.74, 6) is 2.04. The molecule has 86 valence electrons. The monoisotopic (exact) mass is 238 g/mol. The molecule has 0 aliphatic rings. The van der Waals surface area contributed by atoms with Crippen molar-refractivity contribution in [3.05, 3.63) is 16.7 Å². The molecule has 0 aromatic carbocycles. The van der Waals surface area contributed by atoms with E-state index in [1.165, 1.54) is 0 Å². The normalized spacial score (nSPS) is 11.2. The van der Waals surface area contributed by atoms with Crippen LogP contribution < -0.4 is 0 Å². The van der Waals surface area contributed by atoms with Crippen molar-refractivity contribution in [2.45, 2.75) is 27.3 Å². The van der Waals surface area contributed by atoms with Crippen molar-refractivity contribution in [3.8, 4) is 11.4 Å². The lowest BCUT2D eigenvalue weighted by molar-refractivity contribution is 0.397. The first-order chi connectivity index (χ1) is 7.59. The molecule has 6 heteroatoms. The second kappa shape index (κ2) is 4.21. The number of aromatic amines is 1. The van der Waals surface area contributed by atoms with Gasteiger partial charge in [-0.25, -0.2) is 0 Å². The summed E-state index contributed by atoms with van der Waals surface area (Å²) >= 11 is 5.20. The molecule has 0 radical (unpaired) electrons. The number of aryl methyl sites for hydroxylation is 1. The fraction of sp³-hybridized carbons (Fsp3) is 0.500. The topological polar surface area (TPSA) is 59.6 Å². The average Bonchev–Trinajstić information content (AvgIpc) is 2.75. The Kier molecular flexibility index (Phi) is 2.91. The molecule has 0 fully saturated rings. The predicted molar refractivity (Wildman–Crippen MR) is 62.5 cm³/mol. The van der Waals surface area contributed by atoms with Gasteiger partial charge in [-0.15, -0.1) is 0 Å². The predicted octanol–water partition coefficient (Wildman–Crippen LogP) is 2.56. The number of H-pyrrole nitrogens is 1. The molecule has 2 aromatic rings. The van der Waals surface area contributed by atoms with Crippen molar-refractivity contribution in [2.75, 3.05) is 0 Å². The molecule has 0 spiro atoms. The Hall–Kier alpha value is -1.43. The van der Waals surface area contributed by atoms with Gasteiger partial charge in [0.15, 0.2) is 10.6 Å². The zero-order valence-electron chi connectivity index (χ0n) is 9.52. The maximum Gasteiger partial charge on any atom is 0.195 e. The minimum absolute atomic E-state index is 0.503. The van der Waals surface area contributed by atoms with Gasteiger partial charge >= 0.3 is 0 Å². The van der Waals surface area contributed by atoms with E-state index in [0.29, 0.717) is 10.7 Å². The van der Waals surface area contributed by atoms with Gasteiger partial charge in [-0.2, -0.15) is 5.10 Å². The highest BCUT2D eigenvalue weighted by Crippen LogP contribution is 2.21. The molecule has 0 unspecified atom stereocenters. The molecule has 2 aromatic heterocycles. The van der Waals surface area contributed by atoms with Crippen LogP contribution in [0.5, 0.6) is 0 Å². The fourth-order valence-electron chi connectivity index (χ4n) is 1.57. The first-order valence-electron chi connectivity index (χ1n) is 5.16. The summed E-state index contributed by atoms with van der Waals surface area (Å²) in [6.45, 7) is 6.97. The van der Waals surface area contributed by atoms with Gasteiger partial charge in [-0.05, 0) is 25.1 Å². The lowest BCUT2D eigenvalue weighted by Gasteiger charge is -2.08. The van der Waals surface area contributed by atoms with Crippen molar-refractivity contribution in [3.63, 3.8) is 0 Å². The van der Waals surface area contributed by atoms with Gasteiger partial charge in [-0.1, -0.05) is 19.0 Å². The van der Waals surface area contributed by atoms with Gasteiger partial charge < -0.3 is 4.52 Å². The van der Waals surface area contributed by atoms with E-state index in [1.807, 2.05) is 11.5 Å². The highest BCUT2D eigenvalue weighted by Gasteiger charge is 2.14. The van der Waals surface area contributed by atoms with E-state index in [1.54, 1.807) is 6.20 Å². The third kappa shape index (κ3) is 1.92. The molecular weight excluding hydrogens is 224 g/mol. The molecule has 0 saturated heterocycles. The third-order valence-electron chi connectivity index (χ3n) is 2.30. The summed E-state index contributed by atoms with van der Waals surface area (Å²) in [6.07, 6.45) is 1.66. The molecule has 2 heterocycles. The van der Waals surface area contributed by atoms with E-state index in [-0.39, 0.29) is 0 Å². The number of nitrogens with zero attached hydrogens (tertiary/aromatic N) is 3. The fourth-order valence-corrected chi connectivity index (χ4v) is 1.78. The van der Waals surface area contributed by atoms with Gasteiger partial charge in [0.1, 0.15) is 5.76 Å². The van der Waals surface area contributed by atoms with Crippen LogP contribution in [0.4, 0.5) is 0 Å². The zero-order chi connectivity index (χ0) is 11.7. The maximum absolute atomic E-state index is 5.20. The Bertz CT molecular complexity index is 537. The van der Waals surface area contributed by atoms with E-state index < -0.39 is 0 Å². The smallest absolute Gasteiger partial charge is 0.195 e. The first kappa shape index (κ1) is 11.1. The number of rotatable bonds is 3. The highest BCUT2D eigenvalue weighted by atomic mass is 32.1. The zero-order valence-corrected chi connectivity index (χ0v) is 10.3. The van der Waals surface area contributed by atoms with Crippen LogP contribution in [0.15, 0.2) is 10.7 Å². The molecule has 0 amide bonds. The van der Waals surface area contributed by atoms with E-state index in [9.17, 15) is 0 Å². The Morgan fingerprint density at radius 2 is 2.31 bits per heavy atom. The van der Waals surface area contributed by atoms with E-state index in [2.05, 4.69) is 29.2 Å². The van der Waals surface area contributed by atoms with Crippen LogP contribution in [0.3, 0.4) is 0 Å². The quantitative estimate of drug-likeness (QED) is 0.835. The Morgan fingerprint density at radius 3 is 2.88 bits per heavy atom. The molecular formula is C10H14N4OS. The lowest BCUT2D eigenvalue weighted by Crippen LogP contribution is -2.06. The van der Waals surface area contributed by atoms with Gasteiger partial charge in [0.05, 0.1) is 11.8 Å². The number of hydrogen-bond acceptors (Lipinski definition) is 4. The standard InChI is InChI=1S/C10H14N4OS/c1-6(2)5-14-9(12-13-10(14)16)8-4-11-15-7(8)3/h4,6H,5H2,1-3H3,(H,13,16). The van der Waals surface area contributed by atoms with Gasteiger partial charge in [0, 0.05) is 6.54 Å². The SMILES string of the molecule is Cc1oncc1-c1n[nH]c(=S)n1CC(C)C. The summed E-state index contributed by atoms with van der Waals surface area (Å²) in [5, 5.41) is 10.8.